The average Bonchev–Trinajstić information content (AvgIpc) is 3.24. The van der Waals surface area contributed by atoms with Crippen LogP contribution in [0.4, 0.5) is 86.0 Å². The SMILES string of the molecule is CC(C)c1ccc(C(C(=O)O)N(CCCN2c3ccccc3Sc3ccccc32)OCc2ccc(CCC(F)(F)C(F)(F)C(F)(F)C(F)(F)C(F)(F)C(F)(F)C(F)(F)C(F)(F)F)cc2)cc1. The molecule has 0 bridgehead atoms. The van der Waals surface area contributed by atoms with E-state index in [-0.39, 0.29) is 18.0 Å². The van der Waals surface area contributed by atoms with E-state index in [1.54, 1.807) is 36.0 Å². The van der Waals surface area contributed by atoms with Crippen LogP contribution in [0.2, 0.25) is 0 Å². The standard InChI is InChI=1S/C43H37F17N2O3S/c1-25(2)28-16-18-29(19-17-28)34(35(63)64)62(23-7-22-61-30-8-3-5-10-32(30)66-33-11-6-4-9-31(33)61)65-24-27-14-12-26(13-15-27)20-21-36(44,45)37(46,47)38(48,49)39(50,51)40(52,53)41(54,55)42(56,57)43(58,59)60/h3-6,8-19,25,34H,7,20-24H2,1-2H3,(H,63,64). The van der Waals surface area contributed by atoms with E-state index in [0.717, 1.165) is 51.0 Å². The van der Waals surface area contributed by atoms with Crippen LogP contribution in [0, 0.1) is 0 Å². The summed E-state index contributed by atoms with van der Waals surface area (Å²) in [5.74, 6) is -58.0. The maximum absolute atomic E-state index is 14.6. The smallest absolute Gasteiger partial charge is 0.460 e. The predicted octanol–water partition coefficient (Wildman–Crippen LogP) is 14.0. The number of nitrogens with zero attached hydrogens (tertiary/aromatic N) is 2. The number of carboxylic acids is 1. The van der Waals surface area contributed by atoms with Crippen molar-refractivity contribution in [2.45, 2.75) is 109 Å². The Morgan fingerprint density at radius 2 is 1.05 bits per heavy atom. The second-order valence-electron chi connectivity index (χ2n) is 15.5. The molecule has 0 radical (unpaired) electrons. The number of carboxylic acid groups (broad SMARTS) is 1. The molecule has 23 heteroatoms. The van der Waals surface area contributed by atoms with E-state index in [1.165, 1.54) is 5.06 Å². The number of fused-ring (bicyclic) bond motifs is 2. The zero-order chi connectivity index (χ0) is 49.5. The summed E-state index contributed by atoms with van der Waals surface area (Å²) < 4.78 is 233. The molecule has 1 aliphatic rings. The molecule has 1 unspecified atom stereocenters. The van der Waals surface area contributed by atoms with Crippen LogP contribution in [0.1, 0.15) is 60.9 Å². The zero-order valence-electron chi connectivity index (χ0n) is 34.1. The molecule has 0 saturated heterocycles. The molecule has 1 N–H and O–H groups in total. The number of benzene rings is 4. The highest BCUT2D eigenvalue weighted by molar-refractivity contribution is 7.99. The normalized spacial score (nSPS) is 15.0. The minimum absolute atomic E-state index is 0.00371. The van der Waals surface area contributed by atoms with Gasteiger partial charge in [0.1, 0.15) is 0 Å². The molecule has 0 saturated carbocycles. The quantitative estimate of drug-likeness (QED) is 0.0703. The number of hydrogen-bond donors (Lipinski definition) is 1. The molecule has 1 aliphatic heterocycles. The fourth-order valence-corrected chi connectivity index (χ4v) is 7.88. The number of para-hydroxylation sites is 2. The monoisotopic (exact) mass is 984 g/mol. The van der Waals surface area contributed by atoms with Gasteiger partial charge in [0.2, 0.25) is 0 Å². The number of alkyl halides is 17. The van der Waals surface area contributed by atoms with Crippen molar-refractivity contribution in [1.82, 2.24) is 5.06 Å². The van der Waals surface area contributed by atoms with Gasteiger partial charge in [0.15, 0.2) is 6.04 Å². The van der Waals surface area contributed by atoms with E-state index in [4.69, 9.17) is 4.84 Å². The number of hydroxylamine groups is 2. The zero-order valence-corrected chi connectivity index (χ0v) is 34.9. The Morgan fingerprint density at radius 1 is 0.606 bits per heavy atom. The molecule has 66 heavy (non-hydrogen) atoms. The van der Waals surface area contributed by atoms with Crippen LogP contribution in [0.15, 0.2) is 107 Å². The summed E-state index contributed by atoms with van der Waals surface area (Å²) in [6.45, 7) is 3.80. The van der Waals surface area contributed by atoms with Gasteiger partial charge in [0.05, 0.1) is 18.0 Å². The number of anilines is 2. The van der Waals surface area contributed by atoms with Crippen molar-refractivity contribution in [2.75, 3.05) is 18.0 Å². The number of hydrogen-bond acceptors (Lipinski definition) is 5. The minimum Gasteiger partial charge on any atom is -0.480 e. The summed E-state index contributed by atoms with van der Waals surface area (Å²) in [7, 11) is 0. The molecule has 4 aromatic rings. The largest absolute Gasteiger partial charge is 0.480 e. The lowest BCUT2D eigenvalue weighted by Crippen LogP contribution is -2.74. The van der Waals surface area contributed by atoms with Gasteiger partial charge in [-0.25, -0.2) is 0 Å². The fraction of sp³-hybridized carbons (Fsp3) is 0.419. The van der Waals surface area contributed by atoms with E-state index >= 15 is 0 Å². The first-order valence-corrected chi connectivity index (χ1v) is 20.3. The summed E-state index contributed by atoms with van der Waals surface area (Å²) in [4.78, 5) is 22.9. The third kappa shape index (κ3) is 9.52. The molecule has 0 aliphatic carbocycles. The van der Waals surface area contributed by atoms with Crippen LogP contribution in [0.3, 0.4) is 0 Å². The van der Waals surface area contributed by atoms with E-state index in [2.05, 4.69) is 4.90 Å². The fourth-order valence-electron chi connectivity index (χ4n) is 6.78. The Labute approximate surface area is 369 Å². The van der Waals surface area contributed by atoms with Crippen molar-refractivity contribution in [1.29, 1.82) is 0 Å². The van der Waals surface area contributed by atoms with E-state index in [9.17, 15) is 84.5 Å². The Balaban J connectivity index is 1.32. The van der Waals surface area contributed by atoms with Crippen LogP contribution in [0.25, 0.3) is 0 Å². The Bertz CT molecular complexity index is 2260. The van der Waals surface area contributed by atoms with Gasteiger partial charge in [0.25, 0.3) is 0 Å². The van der Waals surface area contributed by atoms with Crippen molar-refractivity contribution in [3.8, 4) is 0 Å². The highest BCUT2D eigenvalue weighted by Crippen LogP contribution is 2.64. The molecule has 1 atom stereocenters. The molecule has 4 aromatic carbocycles. The lowest BCUT2D eigenvalue weighted by Gasteiger charge is -2.42. The van der Waals surface area contributed by atoms with Crippen LogP contribution < -0.4 is 4.90 Å². The Hall–Kier alpha value is -4.77. The van der Waals surface area contributed by atoms with Crippen LogP contribution in [-0.4, -0.2) is 76.9 Å². The molecule has 362 valence electrons. The van der Waals surface area contributed by atoms with Crippen molar-refractivity contribution < 1.29 is 89.4 Å². The first kappa shape index (κ1) is 52.2. The lowest BCUT2D eigenvalue weighted by molar-refractivity contribution is -0.461. The first-order valence-electron chi connectivity index (χ1n) is 19.5. The molecular formula is C43H37F17N2O3S. The van der Waals surface area contributed by atoms with E-state index in [0.29, 0.717) is 18.5 Å². The highest BCUT2D eigenvalue weighted by Gasteiger charge is 2.95. The van der Waals surface area contributed by atoms with Crippen LogP contribution >= 0.6 is 11.8 Å². The van der Waals surface area contributed by atoms with Gasteiger partial charge < -0.3 is 10.0 Å². The Kier molecular flexibility index (Phi) is 14.8. The molecule has 0 aromatic heterocycles. The predicted molar refractivity (Wildman–Crippen MR) is 206 cm³/mol. The van der Waals surface area contributed by atoms with E-state index < -0.39 is 84.7 Å². The van der Waals surface area contributed by atoms with Gasteiger partial charge in [-0.3, -0.25) is 9.63 Å². The summed E-state index contributed by atoms with van der Waals surface area (Å²) in [5, 5.41) is 11.6. The number of rotatable bonds is 20. The van der Waals surface area contributed by atoms with Gasteiger partial charge in [-0.15, -0.1) is 0 Å². The summed E-state index contributed by atoms with van der Waals surface area (Å²) >= 11 is 1.57. The third-order valence-corrected chi connectivity index (χ3v) is 11.8. The van der Waals surface area contributed by atoms with Crippen molar-refractivity contribution in [3.63, 3.8) is 0 Å². The molecule has 0 fully saturated rings. The molecule has 5 nitrogen and oxygen atoms in total. The first-order chi connectivity index (χ1) is 30.3. The number of aliphatic carboxylic acids is 1. The number of halogens is 17. The summed E-state index contributed by atoms with van der Waals surface area (Å²) in [5.41, 5.74) is 2.77. The van der Waals surface area contributed by atoms with E-state index in [1.807, 2.05) is 62.4 Å². The van der Waals surface area contributed by atoms with Crippen molar-refractivity contribution >= 4 is 29.1 Å². The maximum Gasteiger partial charge on any atom is 0.460 e. The topological polar surface area (TPSA) is 53.0 Å². The highest BCUT2D eigenvalue weighted by atomic mass is 32.2. The van der Waals surface area contributed by atoms with Crippen molar-refractivity contribution in [3.05, 3.63) is 119 Å². The minimum atomic E-state index is -8.69. The molecule has 0 amide bonds. The summed E-state index contributed by atoms with van der Waals surface area (Å²) in [6.07, 6.45) is -11.6. The van der Waals surface area contributed by atoms with Gasteiger partial charge in [-0.05, 0) is 65.3 Å². The lowest BCUT2D eigenvalue weighted by atomic mass is 9.87. The summed E-state index contributed by atoms with van der Waals surface area (Å²) in [6, 6.07) is 24.6. The maximum atomic E-state index is 14.6. The number of carbonyl (C=O) groups is 1. The van der Waals surface area contributed by atoms with Crippen molar-refractivity contribution in [2.24, 2.45) is 0 Å². The number of aryl methyl sites for hydroxylation is 1. The molecule has 0 spiro atoms. The van der Waals surface area contributed by atoms with Gasteiger partial charge in [-0.2, -0.15) is 79.7 Å². The van der Waals surface area contributed by atoms with Gasteiger partial charge in [0, 0.05) is 29.3 Å². The van der Waals surface area contributed by atoms with Gasteiger partial charge >= 0.3 is 53.6 Å². The van der Waals surface area contributed by atoms with Crippen LogP contribution in [0.5, 0.6) is 0 Å². The van der Waals surface area contributed by atoms with Gasteiger partial charge in [-0.1, -0.05) is 98.4 Å². The second-order valence-corrected chi connectivity index (χ2v) is 16.6. The second kappa shape index (κ2) is 18.7. The van der Waals surface area contributed by atoms with Crippen LogP contribution in [-0.2, 0) is 22.7 Å². The molecule has 5 rings (SSSR count). The molecule has 1 heterocycles. The molecular weight excluding hydrogens is 948 g/mol. The third-order valence-electron chi connectivity index (χ3n) is 10.7. The average molecular weight is 985 g/mol. The Morgan fingerprint density at radius 3 is 1.52 bits per heavy atom.